The molecule has 0 saturated heterocycles. The van der Waals surface area contributed by atoms with Crippen LogP contribution in [0.25, 0.3) is 94.1 Å². The van der Waals surface area contributed by atoms with Crippen molar-refractivity contribution >= 4 is 54.6 Å². The highest BCUT2D eigenvalue weighted by atomic mass is 16.3. The number of para-hydroxylation sites is 3. The highest BCUT2D eigenvalue weighted by Crippen LogP contribution is 2.53. The Morgan fingerprint density at radius 1 is 0.490 bits per heavy atom. The first-order valence-electron chi connectivity index (χ1n) is 17.5. The molecule has 0 fully saturated rings. The number of aromatic nitrogens is 3. The lowest BCUT2D eigenvalue weighted by Crippen LogP contribution is -2.14. The highest BCUT2D eigenvalue weighted by molar-refractivity contribution is 6.13. The maximum Gasteiger partial charge on any atom is 0.160 e. The van der Waals surface area contributed by atoms with Gasteiger partial charge in [-0.3, -0.25) is 0 Å². The first-order valence-corrected chi connectivity index (χ1v) is 17.5. The second kappa shape index (κ2) is 10.3. The summed E-state index contributed by atoms with van der Waals surface area (Å²) in [5.74, 6) is 0.719. The third kappa shape index (κ3) is 4.02. The highest BCUT2D eigenvalue weighted by Gasteiger charge is 2.37. The standard InChI is InChI=1S/C47H31N3O/c1-47(2)38-25-36-31-14-7-10-18-41(31)50(42(36)26-35(38)34-24-37-32-15-8-11-19-43(32)51-44(37)27-39(34)47)30-22-20-29(21-23-30)46-48-40-17-9-6-16-33(40)45(49-46)28-12-4-3-5-13-28/h3-27H,1-2H3. The Morgan fingerprint density at radius 2 is 1.18 bits per heavy atom. The summed E-state index contributed by atoms with van der Waals surface area (Å²) in [5, 5.41) is 5.87. The molecular formula is C47H31N3O. The topological polar surface area (TPSA) is 43.9 Å². The second-order valence-electron chi connectivity index (χ2n) is 14.2. The molecule has 3 heterocycles. The number of rotatable bonds is 3. The van der Waals surface area contributed by atoms with E-state index in [9.17, 15) is 0 Å². The predicted molar refractivity (Wildman–Crippen MR) is 210 cm³/mol. The first kappa shape index (κ1) is 28.3. The minimum atomic E-state index is -0.171. The zero-order valence-corrected chi connectivity index (χ0v) is 28.2. The van der Waals surface area contributed by atoms with Crippen LogP contribution in [0.1, 0.15) is 25.0 Å². The van der Waals surface area contributed by atoms with E-state index in [-0.39, 0.29) is 5.41 Å². The summed E-state index contributed by atoms with van der Waals surface area (Å²) < 4.78 is 8.75. The van der Waals surface area contributed by atoms with Crippen molar-refractivity contribution in [1.29, 1.82) is 0 Å². The molecule has 3 aromatic heterocycles. The monoisotopic (exact) mass is 653 g/mol. The fourth-order valence-corrected chi connectivity index (χ4v) is 8.47. The van der Waals surface area contributed by atoms with Crippen LogP contribution in [0.5, 0.6) is 0 Å². The van der Waals surface area contributed by atoms with Crippen molar-refractivity contribution in [1.82, 2.24) is 14.5 Å². The molecule has 4 nitrogen and oxygen atoms in total. The smallest absolute Gasteiger partial charge is 0.160 e. The van der Waals surface area contributed by atoms with Crippen LogP contribution in [0, 0.1) is 0 Å². The molecule has 240 valence electrons. The Hall–Kier alpha value is -6.52. The van der Waals surface area contributed by atoms with Crippen molar-refractivity contribution in [3.8, 4) is 39.5 Å². The first-order chi connectivity index (χ1) is 25.0. The molecular weight excluding hydrogens is 623 g/mol. The number of hydrogen-bond donors (Lipinski definition) is 0. The third-order valence-electron chi connectivity index (χ3n) is 11.0. The Balaban J connectivity index is 1.10. The third-order valence-corrected chi connectivity index (χ3v) is 11.0. The molecule has 0 aliphatic heterocycles. The predicted octanol–water partition coefficient (Wildman–Crippen LogP) is 12.3. The molecule has 1 aliphatic carbocycles. The molecule has 0 N–H and O–H groups in total. The largest absolute Gasteiger partial charge is 0.456 e. The van der Waals surface area contributed by atoms with Gasteiger partial charge in [0.15, 0.2) is 5.82 Å². The SMILES string of the molecule is CC1(C)c2cc3oc4ccccc4c3cc2-c2cc3c(cc21)c1ccccc1n3-c1ccc(-c2nc(-c3ccccc3)c3ccccc3n2)cc1. The van der Waals surface area contributed by atoms with E-state index in [1.807, 2.05) is 24.3 Å². The van der Waals surface area contributed by atoms with Gasteiger partial charge in [-0.05, 0) is 89.0 Å². The molecule has 0 saturated carbocycles. The summed E-state index contributed by atoms with van der Waals surface area (Å²) in [4.78, 5) is 10.1. The Kier molecular flexibility index (Phi) is 5.70. The average Bonchev–Trinajstić information content (AvgIpc) is 3.78. The summed E-state index contributed by atoms with van der Waals surface area (Å²) in [5.41, 5.74) is 14.4. The van der Waals surface area contributed by atoms with Crippen LogP contribution in [0.15, 0.2) is 156 Å². The van der Waals surface area contributed by atoms with E-state index >= 15 is 0 Å². The normalized spacial score (nSPS) is 13.5. The fraction of sp³-hybridized carbons (Fsp3) is 0.0638. The van der Waals surface area contributed by atoms with Gasteiger partial charge in [0.1, 0.15) is 11.2 Å². The van der Waals surface area contributed by atoms with Crippen molar-refractivity contribution in [2.75, 3.05) is 0 Å². The number of benzene rings is 7. The molecule has 0 spiro atoms. The number of hydrogen-bond acceptors (Lipinski definition) is 3. The van der Waals surface area contributed by atoms with E-state index in [2.05, 4.69) is 146 Å². The lowest BCUT2D eigenvalue weighted by atomic mass is 9.82. The van der Waals surface area contributed by atoms with E-state index < -0.39 is 0 Å². The fourth-order valence-electron chi connectivity index (χ4n) is 8.47. The van der Waals surface area contributed by atoms with Crippen LogP contribution in [-0.2, 0) is 5.41 Å². The molecule has 0 radical (unpaired) electrons. The summed E-state index contributed by atoms with van der Waals surface area (Å²) in [7, 11) is 0. The van der Waals surface area contributed by atoms with Crippen molar-refractivity contribution in [3.05, 3.63) is 163 Å². The molecule has 4 heteroatoms. The molecule has 51 heavy (non-hydrogen) atoms. The van der Waals surface area contributed by atoms with Gasteiger partial charge in [-0.2, -0.15) is 0 Å². The van der Waals surface area contributed by atoms with Crippen LogP contribution < -0.4 is 0 Å². The van der Waals surface area contributed by atoms with Gasteiger partial charge in [0.2, 0.25) is 0 Å². The zero-order chi connectivity index (χ0) is 33.8. The summed E-state index contributed by atoms with van der Waals surface area (Å²) in [6.07, 6.45) is 0. The molecule has 0 amide bonds. The molecule has 0 bridgehead atoms. The van der Waals surface area contributed by atoms with Crippen molar-refractivity contribution in [2.24, 2.45) is 0 Å². The molecule has 0 unspecified atom stereocenters. The van der Waals surface area contributed by atoms with E-state index in [1.165, 1.54) is 44.1 Å². The summed E-state index contributed by atoms with van der Waals surface area (Å²) >= 11 is 0. The molecule has 1 aliphatic rings. The van der Waals surface area contributed by atoms with Crippen LogP contribution in [0.2, 0.25) is 0 Å². The van der Waals surface area contributed by atoms with E-state index in [4.69, 9.17) is 14.4 Å². The van der Waals surface area contributed by atoms with E-state index in [0.717, 1.165) is 61.2 Å². The minimum Gasteiger partial charge on any atom is -0.456 e. The molecule has 0 atom stereocenters. The number of nitrogens with zero attached hydrogens (tertiary/aromatic N) is 3. The van der Waals surface area contributed by atoms with E-state index in [1.54, 1.807) is 0 Å². The van der Waals surface area contributed by atoms with Gasteiger partial charge < -0.3 is 8.98 Å². The van der Waals surface area contributed by atoms with E-state index in [0.29, 0.717) is 0 Å². The second-order valence-corrected chi connectivity index (χ2v) is 14.2. The average molecular weight is 654 g/mol. The maximum atomic E-state index is 6.35. The maximum absolute atomic E-state index is 6.35. The van der Waals surface area contributed by atoms with Crippen LogP contribution in [-0.4, -0.2) is 14.5 Å². The minimum absolute atomic E-state index is 0.171. The van der Waals surface area contributed by atoms with Gasteiger partial charge in [-0.1, -0.05) is 98.8 Å². The van der Waals surface area contributed by atoms with Gasteiger partial charge >= 0.3 is 0 Å². The molecule has 11 rings (SSSR count). The van der Waals surface area contributed by atoms with Crippen LogP contribution in [0.4, 0.5) is 0 Å². The summed E-state index contributed by atoms with van der Waals surface area (Å²) in [6.45, 7) is 4.68. The van der Waals surface area contributed by atoms with Gasteiger partial charge in [0.05, 0.1) is 22.2 Å². The van der Waals surface area contributed by atoms with Gasteiger partial charge in [-0.25, -0.2) is 9.97 Å². The quantitative estimate of drug-likeness (QED) is 0.191. The lowest BCUT2D eigenvalue weighted by Gasteiger charge is -2.21. The van der Waals surface area contributed by atoms with Gasteiger partial charge in [0.25, 0.3) is 0 Å². The Bertz CT molecular complexity index is 3040. The zero-order valence-electron chi connectivity index (χ0n) is 28.2. The number of furan rings is 1. The van der Waals surface area contributed by atoms with Crippen LogP contribution in [0.3, 0.4) is 0 Å². The van der Waals surface area contributed by atoms with Gasteiger partial charge in [0, 0.05) is 49.2 Å². The van der Waals surface area contributed by atoms with Gasteiger partial charge in [-0.15, -0.1) is 0 Å². The van der Waals surface area contributed by atoms with Crippen molar-refractivity contribution < 1.29 is 4.42 Å². The molecule has 7 aromatic carbocycles. The Morgan fingerprint density at radius 3 is 2.02 bits per heavy atom. The summed E-state index contributed by atoms with van der Waals surface area (Å²) in [6, 6.07) is 53.9. The lowest BCUT2D eigenvalue weighted by molar-refractivity contribution is 0.648. The van der Waals surface area contributed by atoms with Crippen molar-refractivity contribution in [3.63, 3.8) is 0 Å². The molecule has 10 aromatic rings. The van der Waals surface area contributed by atoms with Crippen LogP contribution >= 0.6 is 0 Å². The van der Waals surface area contributed by atoms with Crippen molar-refractivity contribution in [2.45, 2.75) is 19.3 Å². The Labute approximate surface area is 294 Å². The number of fused-ring (bicyclic) bond motifs is 10.